The molecule has 10 heteroatoms. The molecule has 42 heavy (non-hydrogen) atoms. The van der Waals surface area contributed by atoms with Crippen LogP contribution >= 0.6 is 0 Å². The number of anilines is 2. The monoisotopic (exact) mass is 566 g/mol. The van der Waals surface area contributed by atoms with E-state index >= 15 is 0 Å². The van der Waals surface area contributed by atoms with Gasteiger partial charge in [0.2, 0.25) is 5.95 Å². The zero-order valence-electron chi connectivity index (χ0n) is 24.6. The van der Waals surface area contributed by atoms with Crippen molar-refractivity contribution >= 4 is 28.6 Å². The lowest BCUT2D eigenvalue weighted by molar-refractivity contribution is -0.112. The minimum Gasteiger partial charge on any atom is -0.497 e. The molecule has 4 aromatic rings. The Balaban J connectivity index is 1.70. The molecule has 2 aromatic heterocycles. The van der Waals surface area contributed by atoms with Crippen LogP contribution in [-0.4, -0.2) is 41.7 Å². The fourth-order valence-electron chi connectivity index (χ4n) is 4.48. The van der Waals surface area contributed by atoms with Crippen LogP contribution in [0.25, 0.3) is 22.2 Å². The molecule has 0 atom stereocenters. The van der Waals surface area contributed by atoms with Gasteiger partial charge in [0.15, 0.2) is 0 Å². The van der Waals surface area contributed by atoms with E-state index < -0.39 is 5.91 Å². The van der Waals surface area contributed by atoms with Gasteiger partial charge in [-0.15, -0.1) is 0 Å². The van der Waals surface area contributed by atoms with Crippen molar-refractivity contribution in [1.29, 1.82) is 5.26 Å². The Bertz CT molecular complexity index is 1740. The van der Waals surface area contributed by atoms with E-state index in [1.54, 1.807) is 68.4 Å². The maximum Gasteiger partial charge on any atom is 0.265 e. The van der Waals surface area contributed by atoms with Gasteiger partial charge in [0.1, 0.15) is 28.8 Å². The van der Waals surface area contributed by atoms with E-state index in [2.05, 4.69) is 20.6 Å². The van der Waals surface area contributed by atoms with E-state index in [0.717, 1.165) is 5.56 Å². The molecule has 2 heterocycles. The summed E-state index contributed by atoms with van der Waals surface area (Å²) >= 11 is 0. The molecule has 0 saturated heterocycles. The molecule has 0 saturated carbocycles. The lowest BCUT2D eigenvalue weighted by Gasteiger charge is -2.15. The van der Waals surface area contributed by atoms with Crippen molar-refractivity contribution in [3.8, 4) is 28.7 Å². The first-order valence-corrected chi connectivity index (χ1v) is 13.4. The first-order chi connectivity index (χ1) is 20.0. The van der Waals surface area contributed by atoms with Gasteiger partial charge in [-0.2, -0.15) is 10.2 Å². The number of amides is 1. The zero-order valence-corrected chi connectivity index (χ0v) is 24.6. The molecule has 0 fully saturated rings. The Kier molecular flexibility index (Phi) is 8.91. The standard InChI is InChI=1S/C32H34N6O4/c1-32(2,3)17-23(18-33)29(39)36-24-9-7-8-20(12-24)10-11-38-28-22(19-35-31(34-4)37-28)15-27(30(38)40)21-13-25(41-5)16-26(14-21)42-6/h7-9,12-17,19H,10-11H2,1-6H3,(H,36,39)(H,34,35,37). The van der Waals surface area contributed by atoms with Gasteiger partial charge in [-0.05, 0) is 53.3 Å². The summed E-state index contributed by atoms with van der Waals surface area (Å²) in [5, 5.41) is 15.9. The van der Waals surface area contributed by atoms with Crippen LogP contribution in [0.3, 0.4) is 0 Å². The molecule has 0 bridgehead atoms. The highest BCUT2D eigenvalue weighted by atomic mass is 16.5. The van der Waals surface area contributed by atoms with Crippen molar-refractivity contribution in [2.75, 3.05) is 31.9 Å². The van der Waals surface area contributed by atoms with Crippen molar-refractivity contribution < 1.29 is 14.3 Å². The van der Waals surface area contributed by atoms with Crippen molar-refractivity contribution in [3.63, 3.8) is 0 Å². The first-order valence-electron chi connectivity index (χ1n) is 13.4. The van der Waals surface area contributed by atoms with Crippen molar-refractivity contribution in [1.82, 2.24) is 14.5 Å². The minimum absolute atomic E-state index is 0.0527. The summed E-state index contributed by atoms with van der Waals surface area (Å²) in [5.41, 5.74) is 2.55. The molecular weight excluding hydrogens is 532 g/mol. The number of fused-ring (bicyclic) bond motifs is 1. The van der Waals surface area contributed by atoms with Crippen LogP contribution in [-0.2, 0) is 17.8 Å². The van der Waals surface area contributed by atoms with E-state index in [1.807, 2.05) is 45.0 Å². The van der Waals surface area contributed by atoms with Gasteiger partial charge in [0.05, 0.1) is 14.2 Å². The lowest BCUT2D eigenvalue weighted by atomic mass is 9.93. The topological polar surface area (TPSA) is 131 Å². The average Bonchev–Trinajstić information content (AvgIpc) is 2.98. The molecule has 1 amide bonds. The van der Waals surface area contributed by atoms with E-state index in [4.69, 9.17) is 9.47 Å². The van der Waals surface area contributed by atoms with Gasteiger partial charge in [-0.25, -0.2) is 4.98 Å². The summed E-state index contributed by atoms with van der Waals surface area (Å²) in [4.78, 5) is 35.6. The van der Waals surface area contributed by atoms with E-state index in [-0.39, 0.29) is 16.5 Å². The van der Waals surface area contributed by atoms with Gasteiger partial charge in [-0.1, -0.05) is 39.0 Å². The number of pyridine rings is 1. The molecule has 0 aliphatic rings. The smallest absolute Gasteiger partial charge is 0.265 e. The second kappa shape index (κ2) is 12.6. The third kappa shape index (κ3) is 6.93. The molecule has 216 valence electrons. The summed E-state index contributed by atoms with van der Waals surface area (Å²) < 4.78 is 12.5. The van der Waals surface area contributed by atoms with E-state index in [9.17, 15) is 14.9 Å². The van der Waals surface area contributed by atoms with Crippen LogP contribution < -0.4 is 25.7 Å². The molecule has 0 aliphatic carbocycles. The molecule has 10 nitrogen and oxygen atoms in total. The number of rotatable bonds is 9. The summed E-state index contributed by atoms with van der Waals surface area (Å²) in [6.45, 7) is 6.09. The Morgan fingerprint density at radius 2 is 1.81 bits per heavy atom. The fourth-order valence-corrected chi connectivity index (χ4v) is 4.48. The molecule has 0 unspecified atom stereocenters. The Morgan fingerprint density at radius 3 is 2.43 bits per heavy atom. The highest BCUT2D eigenvalue weighted by Gasteiger charge is 2.17. The van der Waals surface area contributed by atoms with Crippen LogP contribution in [0.2, 0.25) is 0 Å². The molecule has 4 rings (SSSR count). The van der Waals surface area contributed by atoms with Crippen LogP contribution in [0.5, 0.6) is 11.5 Å². The summed E-state index contributed by atoms with van der Waals surface area (Å²) in [6, 6.07) is 16.4. The maximum absolute atomic E-state index is 13.9. The van der Waals surface area contributed by atoms with Crippen molar-refractivity contribution in [2.24, 2.45) is 5.41 Å². The predicted octanol–water partition coefficient (Wildman–Crippen LogP) is 5.19. The summed E-state index contributed by atoms with van der Waals surface area (Å²) in [5.74, 6) is 1.05. The molecule has 0 radical (unpaired) electrons. The number of allylic oxidation sites excluding steroid dienone is 1. The number of carbonyl (C=O) groups excluding carboxylic acids is 1. The van der Waals surface area contributed by atoms with Crippen LogP contribution in [0, 0.1) is 16.7 Å². The number of hydrogen-bond acceptors (Lipinski definition) is 8. The molecule has 0 spiro atoms. The Labute approximate surface area is 244 Å². The van der Waals surface area contributed by atoms with E-state index in [0.29, 0.717) is 58.3 Å². The number of nitrogens with zero attached hydrogens (tertiary/aromatic N) is 4. The first kappa shape index (κ1) is 29.8. The number of aryl methyl sites for hydroxylation is 2. The number of methoxy groups -OCH3 is 2. The van der Waals surface area contributed by atoms with Crippen LogP contribution in [0.4, 0.5) is 11.6 Å². The minimum atomic E-state index is -0.468. The number of hydrogen-bond donors (Lipinski definition) is 2. The second-order valence-electron chi connectivity index (χ2n) is 10.8. The zero-order chi connectivity index (χ0) is 30.4. The normalized spacial score (nSPS) is 11.6. The van der Waals surface area contributed by atoms with E-state index in [1.165, 1.54) is 0 Å². The molecule has 0 aliphatic heterocycles. The average molecular weight is 567 g/mol. The third-order valence-corrected chi connectivity index (χ3v) is 6.46. The molecule has 2 aromatic carbocycles. The SMILES string of the molecule is CNc1ncc2cc(-c3cc(OC)cc(OC)c3)c(=O)n(CCc3cccc(NC(=O)C(C#N)=CC(C)(C)C)c3)c2n1. The van der Waals surface area contributed by atoms with Crippen molar-refractivity contribution in [2.45, 2.75) is 33.7 Å². The van der Waals surface area contributed by atoms with Gasteiger partial charge >= 0.3 is 0 Å². The number of benzene rings is 2. The molecular formula is C32H34N6O4. The third-order valence-electron chi connectivity index (χ3n) is 6.46. The number of nitriles is 1. The van der Waals surface area contributed by atoms with Crippen LogP contribution in [0.1, 0.15) is 26.3 Å². The van der Waals surface area contributed by atoms with Gasteiger partial charge in [-0.3, -0.25) is 14.2 Å². The lowest BCUT2D eigenvalue weighted by Crippen LogP contribution is -2.24. The van der Waals surface area contributed by atoms with Crippen LogP contribution in [0.15, 0.2) is 71.2 Å². The predicted molar refractivity (Wildman–Crippen MR) is 164 cm³/mol. The van der Waals surface area contributed by atoms with Gasteiger partial charge in [0.25, 0.3) is 11.5 Å². The quantitative estimate of drug-likeness (QED) is 0.209. The Morgan fingerprint density at radius 1 is 1.10 bits per heavy atom. The maximum atomic E-state index is 13.9. The van der Waals surface area contributed by atoms with Gasteiger partial charge < -0.3 is 20.1 Å². The Hall–Kier alpha value is -5.17. The second-order valence-corrected chi connectivity index (χ2v) is 10.8. The fraction of sp³-hybridized carbons (Fsp3) is 0.281. The highest BCUT2D eigenvalue weighted by molar-refractivity contribution is 6.06. The number of nitrogens with one attached hydrogen (secondary N) is 2. The number of aromatic nitrogens is 3. The van der Waals surface area contributed by atoms with Crippen molar-refractivity contribution in [3.05, 3.63) is 82.3 Å². The molecule has 2 N–H and O–H groups in total. The highest BCUT2D eigenvalue weighted by Crippen LogP contribution is 2.30. The largest absolute Gasteiger partial charge is 0.497 e. The number of carbonyl (C=O) groups is 1. The number of ether oxygens (including phenoxy) is 2. The summed E-state index contributed by atoms with van der Waals surface area (Å²) in [7, 11) is 4.83. The summed E-state index contributed by atoms with van der Waals surface area (Å²) in [6.07, 6.45) is 3.81. The van der Waals surface area contributed by atoms with Gasteiger partial charge in [0, 0.05) is 42.5 Å².